The maximum Gasteiger partial charge on any atom is 0.376 e. The highest BCUT2D eigenvalue weighted by Crippen LogP contribution is 1.94. The second kappa shape index (κ2) is 4.56. The molecule has 1 aromatic heterocycles. The fourth-order valence-electron chi connectivity index (χ4n) is 0.835. The summed E-state index contributed by atoms with van der Waals surface area (Å²) in [5, 5.41) is 10.3. The van der Waals surface area contributed by atoms with E-state index in [1.807, 2.05) is 0 Å². The van der Waals surface area contributed by atoms with Crippen LogP contribution in [0.25, 0.3) is 0 Å². The van der Waals surface area contributed by atoms with Crippen LogP contribution in [0.5, 0.6) is 0 Å². The van der Waals surface area contributed by atoms with E-state index in [1.54, 1.807) is 14.0 Å². The predicted molar refractivity (Wildman–Crippen MR) is 45.1 cm³/mol. The molecule has 0 radical (unpaired) electrons. The number of hydrogen-bond acceptors (Lipinski definition) is 5. The molecule has 0 aliphatic rings. The second-order valence-corrected chi connectivity index (χ2v) is 2.37. The lowest BCUT2D eigenvalue weighted by Gasteiger charge is -1.95. The van der Waals surface area contributed by atoms with Gasteiger partial charge in [-0.05, 0) is 14.0 Å². The van der Waals surface area contributed by atoms with E-state index >= 15 is 0 Å². The van der Waals surface area contributed by atoms with Gasteiger partial charge in [0.2, 0.25) is 5.82 Å². The van der Waals surface area contributed by atoms with Crippen molar-refractivity contribution in [3.05, 3.63) is 11.6 Å². The van der Waals surface area contributed by atoms with Crippen molar-refractivity contribution in [3.63, 3.8) is 0 Å². The molecule has 0 aliphatic carbocycles. The van der Waals surface area contributed by atoms with Gasteiger partial charge in [0.25, 0.3) is 0 Å². The van der Waals surface area contributed by atoms with Gasteiger partial charge in [0.1, 0.15) is 5.82 Å². The van der Waals surface area contributed by atoms with Crippen LogP contribution < -0.4 is 5.32 Å². The third-order valence-electron chi connectivity index (χ3n) is 1.35. The molecule has 0 saturated carbocycles. The molecule has 0 spiro atoms. The van der Waals surface area contributed by atoms with Crippen molar-refractivity contribution in [2.75, 3.05) is 13.7 Å². The number of hydrogen-bond donors (Lipinski definition) is 2. The van der Waals surface area contributed by atoms with Gasteiger partial charge in [0.05, 0.1) is 13.2 Å². The summed E-state index contributed by atoms with van der Waals surface area (Å²) in [6, 6.07) is 0. The van der Waals surface area contributed by atoms with Crippen LogP contribution in [0.3, 0.4) is 0 Å². The van der Waals surface area contributed by atoms with Crippen LogP contribution in [0.15, 0.2) is 0 Å². The minimum Gasteiger partial charge on any atom is -0.460 e. The molecule has 0 amide bonds. The van der Waals surface area contributed by atoms with E-state index in [-0.39, 0.29) is 5.82 Å². The zero-order valence-electron chi connectivity index (χ0n) is 7.63. The van der Waals surface area contributed by atoms with Gasteiger partial charge < -0.3 is 15.0 Å². The average Bonchev–Trinajstić information content (AvgIpc) is 2.54. The molecule has 0 atom stereocenters. The van der Waals surface area contributed by atoms with Crippen LogP contribution in [-0.4, -0.2) is 34.8 Å². The number of aromatic nitrogens is 3. The zero-order valence-corrected chi connectivity index (χ0v) is 7.63. The van der Waals surface area contributed by atoms with Crippen molar-refractivity contribution in [2.45, 2.75) is 13.5 Å². The SMILES string of the molecule is CCOC(=O)c1nnc(CNC)[nH]1. The Morgan fingerprint density at radius 1 is 1.62 bits per heavy atom. The van der Waals surface area contributed by atoms with E-state index in [9.17, 15) is 4.79 Å². The lowest BCUT2D eigenvalue weighted by molar-refractivity contribution is 0.0512. The third kappa shape index (κ3) is 2.51. The summed E-state index contributed by atoms with van der Waals surface area (Å²) in [6.07, 6.45) is 0. The standard InChI is InChI=1S/C7H12N4O2/c1-3-13-7(12)6-9-5(4-8-2)10-11-6/h8H,3-4H2,1-2H3,(H,9,10,11). The topological polar surface area (TPSA) is 79.9 Å². The zero-order chi connectivity index (χ0) is 9.68. The molecule has 0 unspecified atom stereocenters. The van der Waals surface area contributed by atoms with Crippen LogP contribution >= 0.6 is 0 Å². The Balaban J connectivity index is 2.62. The Morgan fingerprint density at radius 3 is 3.00 bits per heavy atom. The Hall–Kier alpha value is -1.43. The summed E-state index contributed by atoms with van der Waals surface area (Å²) in [4.78, 5) is 13.8. The van der Waals surface area contributed by atoms with Crippen molar-refractivity contribution >= 4 is 5.97 Å². The highest BCUT2D eigenvalue weighted by atomic mass is 16.5. The molecule has 0 bridgehead atoms. The number of ether oxygens (including phenoxy) is 1. The van der Waals surface area contributed by atoms with Crippen molar-refractivity contribution in [3.8, 4) is 0 Å². The molecule has 1 rings (SSSR count). The molecule has 0 aromatic carbocycles. The Bertz CT molecular complexity index is 284. The summed E-state index contributed by atoms with van der Waals surface area (Å²) < 4.78 is 4.73. The number of nitrogens with one attached hydrogen (secondary N) is 2. The smallest absolute Gasteiger partial charge is 0.376 e. The molecule has 1 aromatic rings. The number of nitrogens with zero attached hydrogens (tertiary/aromatic N) is 2. The molecule has 1 heterocycles. The average molecular weight is 184 g/mol. The van der Waals surface area contributed by atoms with Crippen LogP contribution in [0.4, 0.5) is 0 Å². The summed E-state index contributed by atoms with van der Waals surface area (Å²) in [5.41, 5.74) is 0. The second-order valence-electron chi connectivity index (χ2n) is 2.37. The fourth-order valence-corrected chi connectivity index (χ4v) is 0.835. The number of carbonyl (C=O) groups excluding carboxylic acids is 1. The molecule has 72 valence electrons. The van der Waals surface area contributed by atoms with E-state index in [1.165, 1.54) is 0 Å². The van der Waals surface area contributed by atoms with Gasteiger partial charge >= 0.3 is 5.97 Å². The normalized spacial score (nSPS) is 10.0. The van der Waals surface area contributed by atoms with Crippen LogP contribution in [0, 0.1) is 0 Å². The lowest BCUT2D eigenvalue weighted by atomic mass is 10.6. The van der Waals surface area contributed by atoms with Gasteiger partial charge in [-0.2, -0.15) is 0 Å². The predicted octanol–water partition coefficient (Wildman–Crippen LogP) is -0.299. The summed E-state index contributed by atoms with van der Waals surface area (Å²) in [5.74, 6) is 0.287. The van der Waals surface area contributed by atoms with Crippen molar-refractivity contribution < 1.29 is 9.53 Å². The van der Waals surface area contributed by atoms with Crippen LogP contribution in [0.2, 0.25) is 0 Å². The van der Waals surface area contributed by atoms with Crippen LogP contribution in [0.1, 0.15) is 23.4 Å². The highest BCUT2D eigenvalue weighted by molar-refractivity contribution is 5.84. The van der Waals surface area contributed by atoms with Gasteiger partial charge in [0, 0.05) is 0 Å². The van der Waals surface area contributed by atoms with E-state index in [0.717, 1.165) is 0 Å². The summed E-state index contributed by atoms with van der Waals surface area (Å²) >= 11 is 0. The van der Waals surface area contributed by atoms with Gasteiger partial charge in [0.15, 0.2) is 0 Å². The molecular weight excluding hydrogens is 172 g/mol. The Morgan fingerprint density at radius 2 is 2.38 bits per heavy atom. The van der Waals surface area contributed by atoms with E-state index in [0.29, 0.717) is 19.0 Å². The van der Waals surface area contributed by atoms with Gasteiger partial charge in [-0.15, -0.1) is 10.2 Å². The quantitative estimate of drug-likeness (QED) is 0.628. The number of rotatable bonds is 4. The molecule has 2 N–H and O–H groups in total. The first-order valence-electron chi connectivity index (χ1n) is 4.01. The summed E-state index contributed by atoms with van der Waals surface area (Å²) in [6.45, 7) is 2.62. The van der Waals surface area contributed by atoms with Crippen LogP contribution in [-0.2, 0) is 11.3 Å². The number of carbonyl (C=O) groups is 1. The molecule has 0 fully saturated rings. The van der Waals surface area contributed by atoms with E-state index in [4.69, 9.17) is 4.74 Å². The summed E-state index contributed by atoms with van der Waals surface area (Å²) in [7, 11) is 1.78. The molecule has 6 nitrogen and oxygen atoms in total. The third-order valence-corrected chi connectivity index (χ3v) is 1.35. The minimum absolute atomic E-state index is 0.145. The van der Waals surface area contributed by atoms with Crippen molar-refractivity contribution in [2.24, 2.45) is 0 Å². The lowest BCUT2D eigenvalue weighted by Crippen LogP contribution is -2.08. The largest absolute Gasteiger partial charge is 0.460 e. The first-order valence-corrected chi connectivity index (χ1v) is 4.01. The number of aromatic amines is 1. The van der Waals surface area contributed by atoms with E-state index < -0.39 is 5.97 Å². The molecule has 0 aliphatic heterocycles. The maximum absolute atomic E-state index is 11.1. The highest BCUT2D eigenvalue weighted by Gasteiger charge is 2.11. The number of esters is 1. The van der Waals surface area contributed by atoms with Crippen molar-refractivity contribution in [1.29, 1.82) is 0 Å². The molecular formula is C7H12N4O2. The molecule has 6 heteroatoms. The molecule has 13 heavy (non-hydrogen) atoms. The Kier molecular flexibility index (Phi) is 3.39. The van der Waals surface area contributed by atoms with Gasteiger partial charge in [-0.25, -0.2) is 4.79 Å². The first kappa shape index (κ1) is 9.66. The van der Waals surface area contributed by atoms with Crippen molar-refractivity contribution in [1.82, 2.24) is 20.5 Å². The Labute approximate surface area is 75.7 Å². The van der Waals surface area contributed by atoms with Gasteiger partial charge in [-0.3, -0.25) is 0 Å². The number of H-pyrrole nitrogens is 1. The molecule has 0 saturated heterocycles. The fraction of sp³-hybridized carbons (Fsp3) is 0.571. The monoisotopic (exact) mass is 184 g/mol. The van der Waals surface area contributed by atoms with Gasteiger partial charge in [-0.1, -0.05) is 0 Å². The van der Waals surface area contributed by atoms with E-state index in [2.05, 4.69) is 20.5 Å². The maximum atomic E-state index is 11.1. The first-order chi connectivity index (χ1) is 6.27. The minimum atomic E-state index is -0.475.